The molecular formula is C19H19FN4OS. The Morgan fingerprint density at radius 1 is 1.15 bits per heavy atom. The van der Waals surface area contributed by atoms with Gasteiger partial charge in [-0.3, -0.25) is 4.79 Å². The van der Waals surface area contributed by atoms with E-state index in [9.17, 15) is 9.18 Å². The molecule has 1 heterocycles. The number of rotatable bonds is 6. The lowest BCUT2D eigenvalue weighted by Gasteiger charge is -2.17. The molecule has 1 aromatic heterocycles. The van der Waals surface area contributed by atoms with Crippen LogP contribution in [0.5, 0.6) is 0 Å². The summed E-state index contributed by atoms with van der Waals surface area (Å²) in [5, 5.41) is 11.1. The zero-order valence-corrected chi connectivity index (χ0v) is 15.3. The van der Waals surface area contributed by atoms with Gasteiger partial charge < -0.3 is 9.88 Å². The van der Waals surface area contributed by atoms with Crippen molar-refractivity contribution in [3.05, 3.63) is 72.3 Å². The molecule has 0 saturated heterocycles. The summed E-state index contributed by atoms with van der Waals surface area (Å²) in [4.78, 5) is 12.4. The zero-order valence-electron chi connectivity index (χ0n) is 14.5. The van der Waals surface area contributed by atoms with Crippen LogP contribution in [0.3, 0.4) is 0 Å². The quantitative estimate of drug-likeness (QED) is 0.663. The predicted octanol–water partition coefficient (Wildman–Crippen LogP) is 4.15. The lowest BCUT2D eigenvalue weighted by Crippen LogP contribution is -2.23. The molecule has 5 nitrogen and oxygen atoms in total. The molecule has 26 heavy (non-hydrogen) atoms. The Hall–Kier alpha value is -2.67. The zero-order chi connectivity index (χ0) is 18.5. The van der Waals surface area contributed by atoms with Crippen LogP contribution in [0.1, 0.15) is 25.5 Å². The van der Waals surface area contributed by atoms with Crippen molar-refractivity contribution in [3.8, 4) is 0 Å². The van der Waals surface area contributed by atoms with E-state index >= 15 is 0 Å². The summed E-state index contributed by atoms with van der Waals surface area (Å²) >= 11 is 1.31. The van der Waals surface area contributed by atoms with E-state index in [4.69, 9.17) is 0 Å². The molecule has 0 spiro atoms. The molecule has 3 aromatic rings. The maximum atomic E-state index is 13.2. The summed E-state index contributed by atoms with van der Waals surface area (Å²) in [6.45, 7) is 3.84. The van der Waals surface area contributed by atoms with Gasteiger partial charge >= 0.3 is 0 Å². The summed E-state index contributed by atoms with van der Waals surface area (Å²) in [5.74, 6) is -0.609. The number of nitrogens with one attached hydrogen (secondary N) is 1. The fraction of sp³-hybridized carbons (Fsp3) is 0.211. The third-order valence-corrected chi connectivity index (χ3v) is 5.05. The van der Waals surface area contributed by atoms with E-state index in [0.29, 0.717) is 10.8 Å². The Balaban J connectivity index is 1.69. The Bertz CT molecular complexity index is 884. The number of thioether (sulfide) groups is 1. The van der Waals surface area contributed by atoms with Crippen LogP contribution in [0.4, 0.5) is 10.1 Å². The summed E-state index contributed by atoms with van der Waals surface area (Å²) in [7, 11) is 0. The second-order valence-electron chi connectivity index (χ2n) is 5.87. The molecule has 1 N–H and O–H groups in total. The van der Waals surface area contributed by atoms with Gasteiger partial charge in [0.1, 0.15) is 12.1 Å². The second-order valence-corrected chi connectivity index (χ2v) is 7.18. The van der Waals surface area contributed by atoms with Gasteiger partial charge in [-0.1, -0.05) is 48.2 Å². The van der Waals surface area contributed by atoms with E-state index in [1.807, 2.05) is 34.9 Å². The molecule has 0 aliphatic heterocycles. The Morgan fingerprint density at radius 3 is 2.65 bits per heavy atom. The first-order chi connectivity index (χ1) is 12.5. The maximum Gasteiger partial charge on any atom is 0.237 e. The van der Waals surface area contributed by atoms with Crippen molar-refractivity contribution in [2.24, 2.45) is 0 Å². The highest BCUT2D eigenvalue weighted by Gasteiger charge is 2.20. The largest absolute Gasteiger partial charge is 0.325 e. The molecule has 0 bridgehead atoms. The lowest BCUT2D eigenvalue weighted by molar-refractivity contribution is -0.115. The van der Waals surface area contributed by atoms with Crippen molar-refractivity contribution >= 4 is 23.4 Å². The molecule has 3 rings (SSSR count). The smallest absolute Gasteiger partial charge is 0.237 e. The molecule has 2 atom stereocenters. The lowest BCUT2D eigenvalue weighted by atomic mass is 10.1. The highest BCUT2D eigenvalue weighted by Crippen LogP contribution is 2.27. The summed E-state index contributed by atoms with van der Waals surface area (Å²) in [6.07, 6.45) is 1.66. The van der Waals surface area contributed by atoms with E-state index in [2.05, 4.69) is 22.4 Å². The van der Waals surface area contributed by atoms with Crippen LogP contribution in [0.15, 0.2) is 66.1 Å². The molecule has 2 aromatic carbocycles. The number of carbonyl (C=O) groups is 1. The van der Waals surface area contributed by atoms with Gasteiger partial charge in [0.05, 0.1) is 11.3 Å². The molecule has 134 valence electrons. The van der Waals surface area contributed by atoms with Crippen LogP contribution in [-0.2, 0) is 4.79 Å². The molecule has 0 fully saturated rings. The van der Waals surface area contributed by atoms with Crippen molar-refractivity contribution in [1.82, 2.24) is 14.8 Å². The van der Waals surface area contributed by atoms with Gasteiger partial charge in [0.2, 0.25) is 5.91 Å². The normalized spacial score (nSPS) is 13.2. The first-order valence-corrected chi connectivity index (χ1v) is 9.10. The highest BCUT2D eigenvalue weighted by atomic mass is 32.2. The first kappa shape index (κ1) is 18.1. The molecule has 7 heteroatoms. The minimum Gasteiger partial charge on any atom is -0.325 e. The van der Waals surface area contributed by atoms with Crippen molar-refractivity contribution in [2.75, 3.05) is 5.32 Å². The van der Waals surface area contributed by atoms with E-state index in [1.165, 1.54) is 23.9 Å². The Kier molecular flexibility index (Phi) is 5.68. The molecule has 1 amide bonds. The average molecular weight is 370 g/mol. The van der Waals surface area contributed by atoms with Crippen molar-refractivity contribution < 1.29 is 9.18 Å². The van der Waals surface area contributed by atoms with Crippen LogP contribution >= 0.6 is 11.8 Å². The van der Waals surface area contributed by atoms with Crippen molar-refractivity contribution in [2.45, 2.75) is 30.3 Å². The van der Waals surface area contributed by atoms with Crippen LogP contribution in [0.2, 0.25) is 0 Å². The minimum atomic E-state index is -0.413. The number of amides is 1. The van der Waals surface area contributed by atoms with Gasteiger partial charge in [0.15, 0.2) is 5.16 Å². The summed E-state index contributed by atoms with van der Waals surface area (Å²) < 4.78 is 15.2. The standard InChI is InChI=1S/C19H19FN4OS/c1-13(15-7-4-3-5-8-15)24-12-21-23-19(24)26-14(2)18(25)22-17-10-6-9-16(20)11-17/h3-14H,1-2H3,(H,22,25)/t13-,14+/m0/s1. The third-order valence-electron chi connectivity index (χ3n) is 3.98. The molecule has 0 aliphatic carbocycles. The van der Waals surface area contributed by atoms with Gasteiger partial charge in [-0.15, -0.1) is 10.2 Å². The Morgan fingerprint density at radius 2 is 1.92 bits per heavy atom. The van der Waals surface area contributed by atoms with E-state index in [0.717, 1.165) is 5.56 Å². The predicted molar refractivity (Wildman–Crippen MR) is 101 cm³/mol. The van der Waals surface area contributed by atoms with E-state index in [-0.39, 0.29) is 17.8 Å². The van der Waals surface area contributed by atoms with Crippen molar-refractivity contribution in [1.29, 1.82) is 0 Å². The SMILES string of the molecule is C[C@@H](Sc1nncn1[C@@H](C)c1ccccc1)C(=O)Nc1cccc(F)c1. The third kappa shape index (κ3) is 4.29. The molecule has 0 saturated carbocycles. The van der Waals surface area contributed by atoms with Gasteiger partial charge in [-0.25, -0.2) is 4.39 Å². The maximum absolute atomic E-state index is 13.2. The number of halogens is 1. The number of aromatic nitrogens is 3. The number of hydrogen-bond acceptors (Lipinski definition) is 4. The van der Waals surface area contributed by atoms with Crippen LogP contribution in [0.25, 0.3) is 0 Å². The monoisotopic (exact) mass is 370 g/mol. The van der Waals surface area contributed by atoms with Crippen LogP contribution in [-0.4, -0.2) is 25.9 Å². The molecular weight excluding hydrogens is 351 g/mol. The van der Waals surface area contributed by atoms with Gasteiger partial charge in [0, 0.05) is 5.69 Å². The fourth-order valence-electron chi connectivity index (χ4n) is 2.50. The first-order valence-electron chi connectivity index (χ1n) is 8.22. The fourth-order valence-corrected chi connectivity index (χ4v) is 3.40. The number of anilines is 1. The van der Waals surface area contributed by atoms with Gasteiger partial charge in [-0.05, 0) is 37.6 Å². The molecule has 0 unspecified atom stereocenters. The number of benzene rings is 2. The topological polar surface area (TPSA) is 59.8 Å². The Labute approximate surface area is 155 Å². The van der Waals surface area contributed by atoms with Gasteiger partial charge in [0.25, 0.3) is 0 Å². The summed E-state index contributed by atoms with van der Waals surface area (Å²) in [6, 6.07) is 15.9. The number of hydrogen-bond donors (Lipinski definition) is 1. The average Bonchev–Trinajstić information content (AvgIpc) is 3.10. The molecule has 0 aliphatic rings. The summed E-state index contributed by atoms with van der Waals surface area (Å²) in [5.41, 5.74) is 1.56. The van der Waals surface area contributed by atoms with Crippen LogP contribution in [0, 0.1) is 5.82 Å². The minimum absolute atomic E-state index is 0.0483. The second kappa shape index (κ2) is 8.14. The van der Waals surface area contributed by atoms with E-state index < -0.39 is 5.25 Å². The van der Waals surface area contributed by atoms with Crippen LogP contribution < -0.4 is 5.32 Å². The van der Waals surface area contributed by atoms with Crippen molar-refractivity contribution in [3.63, 3.8) is 0 Å². The number of carbonyl (C=O) groups excluding carboxylic acids is 1. The van der Waals surface area contributed by atoms with E-state index in [1.54, 1.807) is 25.4 Å². The highest BCUT2D eigenvalue weighted by molar-refractivity contribution is 8.00. The van der Waals surface area contributed by atoms with Gasteiger partial charge in [-0.2, -0.15) is 0 Å². The number of nitrogens with zero attached hydrogens (tertiary/aromatic N) is 3. The molecule has 0 radical (unpaired) electrons.